The highest BCUT2D eigenvalue weighted by Gasteiger charge is 2.12. The minimum atomic E-state index is -2.46. The van der Waals surface area contributed by atoms with Gasteiger partial charge in [-0.25, -0.2) is 8.78 Å². The fourth-order valence-electron chi connectivity index (χ4n) is 0.429. The van der Waals surface area contributed by atoms with Gasteiger partial charge in [-0.3, -0.25) is 4.79 Å². The number of amides is 1. The van der Waals surface area contributed by atoms with E-state index in [1.807, 2.05) is 0 Å². The highest BCUT2D eigenvalue weighted by atomic mass is 32.2. The quantitative estimate of drug-likeness (QED) is 0.707. The molecule has 0 saturated heterocycles. The van der Waals surface area contributed by atoms with Crippen LogP contribution in [0.25, 0.3) is 0 Å². The highest BCUT2D eigenvalue weighted by Crippen LogP contribution is 2.04. The molecule has 0 bridgehead atoms. The van der Waals surface area contributed by atoms with E-state index in [0.717, 1.165) is 0 Å². The number of nitrogens with one attached hydrogen (secondary N) is 1. The summed E-state index contributed by atoms with van der Waals surface area (Å²) in [6.07, 6.45) is -0.708. The first-order chi connectivity index (χ1) is 5.07. The smallest absolute Gasteiger partial charge is 0.255 e. The van der Waals surface area contributed by atoms with E-state index in [0.29, 0.717) is 0 Å². The van der Waals surface area contributed by atoms with Crippen LogP contribution in [0.5, 0.6) is 0 Å². The van der Waals surface area contributed by atoms with E-state index < -0.39 is 13.0 Å². The zero-order chi connectivity index (χ0) is 8.85. The van der Waals surface area contributed by atoms with Crippen LogP contribution < -0.4 is 5.32 Å². The van der Waals surface area contributed by atoms with Crippen LogP contribution in [0.3, 0.4) is 0 Å². The average Bonchev–Trinajstić information content (AvgIpc) is 1.98. The van der Waals surface area contributed by atoms with Crippen LogP contribution in [0.1, 0.15) is 6.92 Å². The van der Waals surface area contributed by atoms with Crippen molar-refractivity contribution in [2.24, 2.45) is 0 Å². The van der Waals surface area contributed by atoms with E-state index in [4.69, 9.17) is 0 Å². The molecule has 1 atom stereocenters. The van der Waals surface area contributed by atoms with Crippen LogP contribution in [0.15, 0.2) is 0 Å². The van der Waals surface area contributed by atoms with E-state index in [9.17, 15) is 13.6 Å². The Hall–Kier alpha value is -0.320. The monoisotopic (exact) mass is 183 g/mol. The lowest BCUT2D eigenvalue weighted by molar-refractivity contribution is -0.120. The fraction of sp³-hybridized carbons (Fsp3) is 0.833. The Morgan fingerprint density at radius 3 is 2.55 bits per heavy atom. The van der Waals surface area contributed by atoms with Gasteiger partial charge in [-0.05, 0) is 13.2 Å². The molecule has 66 valence electrons. The van der Waals surface area contributed by atoms with Crippen LogP contribution in [-0.2, 0) is 4.79 Å². The maximum Gasteiger partial charge on any atom is 0.255 e. The van der Waals surface area contributed by atoms with Gasteiger partial charge in [-0.1, -0.05) is 0 Å². The van der Waals surface area contributed by atoms with Crippen molar-refractivity contribution in [1.82, 2.24) is 5.32 Å². The fourth-order valence-corrected chi connectivity index (χ4v) is 0.726. The molecule has 11 heavy (non-hydrogen) atoms. The Balaban J connectivity index is 3.52. The summed E-state index contributed by atoms with van der Waals surface area (Å²) >= 11 is 1.33. The van der Waals surface area contributed by atoms with Gasteiger partial charge in [0.15, 0.2) is 0 Å². The Morgan fingerprint density at radius 2 is 2.18 bits per heavy atom. The zero-order valence-electron chi connectivity index (χ0n) is 6.43. The van der Waals surface area contributed by atoms with E-state index in [1.54, 1.807) is 13.2 Å². The molecule has 1 N–H and O–H groups in total. The molecule has 0 aromatic heterocycles. The third kappa shape index (κ3) is 5.01. The first-order valence-corrected chi connectivity index (χ1v) is 4.45. The van der Waals surface area contributed by atoms with Crippen LogP contribution in [-0.4, -0.2) is 30.4 Å². The molecule has 2 nitrogen and oxygen atoms in total. The molecule has 0 aliphatic carbocycles. The Bertz CT molecular complexity index is 132. The molecule has 0 aliphatic heterocycles. The van der Waals surface area contributed by atoms with Crippen LogP contribution in [0.4, 0.5) is 8.78 Å². The summed E-state index contributed by atoms with van der Waals surface area (Å²) in [5.74, 6) is -0.335. The normalized spacial score (nSPS) is 13.2. The largest absolute Gasteiger partial charge is 0.349 e. The predicted octanol–water partition coefficient (Wildman–Crippen LogP) is 1.12. The highest BCUT2D eigenvalue weighted by molar-refractivity contribution is 7.99. The topological polar surface area (TPSA) is 29.1 Å². The average molecular weight is 183 g/mol. The summed E-state index contributed by atoms with van der Waals surface area (Å²) in [7, 11) is 0. The van der Waals surface area contributed by atoms with Crippen LogP contribution in [0, 0.1) is 0 Å². The molecule has 0 heterocycles. The number of halogens is 2. The summed E-state index contributed by atoms with van der Waals surface area (Å²) in [5.41, 5.74) is 0. The van der Waals surface area contributed by atoms with Crippen LogP contribution in [0.2, 0.25) is 0 Å². The number of hydrogen-bond acceptors (Lipinski definition) is 2. The van der Waals surface area contributed by atoms with E-state index in [2.05, 4.69) is 5.32 Å². The van der Waals surface area contributed by atoms with Gasteiger partial charge in [-0.15, -0.1) is 0 Å². The summed E-state index contributed by atoms with van der Waals surface area (Å²) in [6.45, 7) is 1.12. The number of rotatable bonds is 4. The maximum atomic E-state index is 11.5. The standard InChI is InChI=1S/C6H11F2NOS/c1-4(11-2)6(10)9-3-5(7)8/h4-5H,3H2,1-2H3,(H,9,10). The molecule has 5 heteroatoms. The van der Waals surface area contributed by atoms with Crippen molar-refractivity contribution >= 4 is 17.7 Å². The number of thioether (sulfide) groups is 1. The maximum absolute atomic E-state index is 11.5. The summed E-state index contributed by atoms with van der Waals surface area (Å²) in [5, 5.41) is 1.87. The number of carbonyl (C=O) groups is 1. The second-order valence-electron chi connectivity index (χ2n) is 2.01. The molecular formula is C6H11F2NOS. The lowest BCUT2D eigenvalue weighted by Crippen LogP contribution is -2.34. The van der Waals surface area contributed by atoms with Crippen molar-refractivity contribution < 1.29 is 13.6 Å². The molecule has 0 fully saturated rings. The van der Waals surface area contributed by atoms with Gasteiger partial charge < -0.3 is 5.32 Å². The second-order valence-corrected chi connectivity index (χ2v) is 3.19. The van der Waals surface area contributed by atoms with Gasteiger partial charge in [0, 0.05) is 0 Å². The predicted molar refractivity (Wildman–Crippen MR) is 42.0 cm³/mol. The Labute approximate surface area is 68.7 Å². The van der Waals surface area contributed by atoms with Crippen molar-refractivity contribution in [3.8, 4) is 0 Å². The van der Waals surface area contributed by atoms with Gasteiger partial charge in [0.2, 0.25) is 5.91 Å². The van der Waals surface area contributed by atoms with Gasteiger partial charge >= 0.3 is 0 Å². The second kappa shape index (κ2) is 5.35. The van der Waals surface area contributed by atoms with E-state index in [1.165, 1.54) is 11.8 Å². The SMILES string of the molecule is CSC(C)C(=O)NCC(F)F. The molecule has 0 aromatic carbocycles. The number of alkyl halides is 2. The van der Waals surface area contributed by atoms with Crippen molar-refractivity contribution in [2.75, 3.05) is 12.8 Å². The Morgan fingerprint density at radius 1 is 1.64 bits per heavy atom. The van der Waals surface area contributed by atoms with E-state index >= 15 is 0 Å². The van der Waals surface area contributed by atoms with Crippen molar-refractivity contribution in [3.05, 3.63) is 0 Å². The molecule has 1 unspecified atom stereocenters. The molecule has 1 amide bonds. The number of hydrogen-bond donors (Lipinski definition) is 1. The minimum absolute atomic E-state index is 0.256. The summed E-state index contributed by atoms with van der Waals surface area (Å²) in [6, 6.07) is 0. The lowest BCUT2D eigenvalue weighted by atomic mass is 10.4. The third-order valence-corrected chi connectivity index (χ3v) is 2.07. The lowest BCUT2D eigenvalue weighted by Gasteiger charge is -2.08. The van der Waals surface area contributed by atoms with E-state index in [-0.39, 0.29) is 11.2 Å². The van der Waals surface area contributed by atoms with Crippen molar-refractivity contribution in [3.63, 3.8) is 0 Å². The molecule has 0 radical (unpaired) electrons. The van der Waals surface area contributed by atoms with Crippen molar-refractivity contribution in [1.29, 1.82) is 0 Å². The molecule has 0 aliphatic rings. The zero-order valence-corrected chi connectivity index (χ0v) is 7.25. The minimum Gasteiger partial charge on any atom is -0.349 e. The molecule has 0 aromatic rings. The van der Waals surface area contributed by atoms with Gasteiger partial charge in [0.05, 0.1) is 11.8 Å². The molecular weight excluding hydrogens is 172 g/mol. The molecule has 0 spiro atoms. The summed E-state index contributed by atoms with van der Waals surface area (Å²) in [4.78, 5) is 10.8. The van der Waals surface area contributed by atoms with Gasteiger partial charge in [-0.2, -0.15) is 11.8 Å². The van der Waals surface area contributed by atoms with Gasteiger partial charge in [0.25, 0.3) is 6.43 Å². The van der Waals surface area contributed by atoms with Crippen molar-refractivity contribution in [2.45, 2.75) is 18.6 Å². The summed E-state index contributed by atoms with van der Waals surface area (Å²) < 4.78 is 23.1. The first-order valence-electron chi connectivity index (χ1n) is 3.16. The van der Waals surface area contributed by atoms with Gasteiger partial charge in [0.1, 0.15) is 0 Å². The first kappa shape index (κ1) is 10.7. The Kier molecular flexibility index (Phi) is 5.19. The molecule has 0 rings (SSSR count). The molecule has 0 saturated carbocycles. The number of carbonyl (C=O) groups excluding carboxylic acids is 1. The third-order valence-electron chi connectivity index (χ3n) is 1.15. The van der Waals surface area contributed by atoms with Crippen LogP contribution >= 0.6 is 11.8 Å².